The Bertz CT molecular complexity index is 390. The summed E-state index contributed by atoms with van der Waals surface area (Å²) in [5, 5.41) is 12.8. The van der Waals surface area contributed by atoms with Crippen LogP contribution in [0.15, 0.2) is 18.2 Å². The van der Waals surface area contributed by atoms with Crippen LogP contribution in [0.5, 0.6) is 5.75 Å². The third-order valence-electron chi connectivity index (χ3n) is 3.12. The molecule has 19 heavy (non-hydrogen) atoms. The lowest BCUT2D eigenvalue weighted by Gasteiger charge is -2.33. The Hall–Kier alpha value is -0.620. The van der Waals surface area contributed by atoms with Gasteiger partial charge in [-0.25, -0.2) is 8.78 Å². The summed E-state index contributed by atoms with van der Waals surface area (Å²) >= 11 is 0. The first kappa shape index (κ1) is 18.4. The second kappa shape index (κ2) is 8.53. The molecule has 110 valence electrons. The van der Waals surface area contributed by atoms with Crippen molar-refractivity contribution in [3.05, 3.63) is 29.6 Å². The number of phenolic OH excluding ortho intramolecular Hbond substituents is 1. The van der Waals surface area contributed by atoms with Gasteiger partial charge in [-0.3, -0.25) is 4.90 Å². The fraction of sp³-hybridized carbons (Fsp3) is 0.500. The minimum absolute atomic E-state index is 0. The average Bonchev–Trinajstić information content (AvgIpc) is 2.37. The van der Waals surface area contributed by atoms with Gasteiger partial charge in [0.1, 0.15) is 6.67 Å². The number of aromatic hydroxyl groups is 1. The number of phenols is 1. The SMILES string of the molecule is Cl.Cl.Oc1c(F)cccc1[C@H](CF)N1CCNCC1. The zero-order valence-electron chi connectivity index (χ0n) is 10.3. The van der Waals surface area contributed by atoms with Crippen molar-refractivity contribution in [2.75, 3.05) is 32.9 Å². The summed E-state index contributed by atoms with van der Waals surface area (Å²) in [7, 11) is 0. The van der Waals surface area contributed by atoms with Crippen molar-refractivity contribution < 1.29 is 13.9 Å². The zero-order chi connectivity index (χ0) is 12.3. The highest BCUT2D eigenvalue weighted by molar-refractivity contribution is 5.85. The molecule has 1 saturated heterocycles. The molecular weight excluding hydrogens is 297 g/mol. The number of piperazine rings is 1. The Kier molecular flexibility index (Phi) is 8.25. The summed E-state index contributed by atoms with van der Waals surface area (Å²) in [5.74, 6) is -1.13. The van der Waals surface area contributed by atoms with Crippen molar-refractivity contribution >= 4 is 24.8 Å². The van der Waals surface area contributed by atoms with Gasteiger partial charge in [0.2, 0.25) is 0 Å². The summed E-state index contributed by atoms with van der Waals surface area (Å²) < 4.78 is 26.4. The van der Waals surface area contributed by atoms with Crippen LogP contribution in [0.3, 0.4) is 0 Å². The number of nitrogens with one attached hydrogen (secondary N) is 1. The number of hydrogen-bond donors (Lipinski definition) is 2. The third kappa shape index (κ3) is 4.18. The fourth-order valence-corrected chi connectivity index (χ4v) is 2.17. The number of para-hydroxylation sites is 1. The molecule has 2 rings (SSSR count). The molecule has 1 aliphatic heterocycles. The normalized spacial score (nSPS) is 17.2. The maximum atomic E-state index is 13.2. The van der Waals surface area contributed by atoms with Crippen molar-refractivity contribution in [3.63, 3.8) is 0 Å². The summed E-state index contributed by atoms with van der Waals surface area (Å²) in [6.07, 6.45) is 0. The van der Waals surface area contributed by atoms with Crippen molar-refractivity contribution in [1.82, 2.24) is 10.2 Å². The van der Waals surface area contributed by atoms with Crippen LogP contribution in [-0.2, 0) is 0 Å². The lowest BCUT2D eigenvalue weighted by molar-refractivity contribution is 0.144. The maximum absolute atomic E-state index is 13.2. The van der Waals surface area contributed by atoms with E-state index in [1.165, 1.54) is 12.1 Å². The number of benzene rings is 1. The van der Waals surface area contributed by atoms with E-state index in [4.69, 9.17) is 0 Å². The van der Waals surface area contributed by atoms with Gasteiger partial charge in [0.25, 0.3) is 0 Å². The summed E-state index contributed by atoms with van der Waals surface area (Å²) in [6, 6.07) is 3.68. The molecule has 1 atom stereocenters. The minimum atomic E-state index is -0.698. The van der Waals surface area contributed by atoms with Crippen LogP contribution in [0.4, 0.5) is 8.78 Å². The molecule has 0 saturated carbocycles. The Balaban J connectivity index is 0.00000162. The van der Waals surface area contributed by atoms with E-state index in [2.05, 4.69) is 5.32 Å². The molecule has 1 heterocycles. The topological polar surface area (TPSA) is 35.5 Å². The van der Waals surface area contributed by atoms with Gasteiger partial charge in [-0.1, -0.05) is 12.1 Å². The van der Waals surface area contributed by atoms with Crippen molar-refractivity contribution in [1.29, 1.82) is 0 Å². The van der Waals surface area contributed by atoms with Gasteiger partial charge in [0.15, 0.2) is 11.6 Å². The molecule has 2 N–H and O–H groups in total. The fourth-order valence-electron chi connectivity index (χ4n) is 2.17. The Labute approximate surface area is 123 Å². The number of rotatable bonds is 3. The highest BCUT2D eigenvalue weighted by Crippen LogP contribution is 2.31. The van der Waals surface area contributed by atoms with E-state index in [9.17, 15) is 13.9 Å². The Morgan fingerprint density at radius 1 is 1.26 bits per heavy atom. The van der Waals surface area contributed by atoms with Crippen LogP contribution in [-0.4, -0.2) is 42.9 Å². The van der Waals surface area contributed by atoms with E-state index in [1.54, 1.807) is 6.07 Å². The van der Waals surface area contributed by atoms with Crippen molar-refractivity contribution in [3.8, 4) is 5.75 Å². The molecule has 1 aromatic carbocycles. The summed E-state index contributed by atoms with van der Waals surface area (Å²) in [4.78, 5) is 1.92. The van der Waals surface area contributed by atoms with Crippen LogP contribution in [0.2, 0.25) is 0 Å². The lowest BCUT2D eigenvalue weighted by atomic mass is 10.0. The average molecular weight is 315 g/mol. The van der Waals surface area contributed by atoms with E-state index in [-0.39, 0.29) is 24.8 Å². The molecule has 0 unspecified atom stereocenters. The quantitative estimate of drug-likeness (QED) is 0.898. The van der Waals surface area contributed by atoms with Crippen LogP contribution < -0.4 is 5.32 Å². The molecule has 0 radical (unpaired) electrons. The van der Waals surface area contributed by atoms with E-state index in [1.807, 2.05) is 4.90 Å². The second-order valence-corrected chi connectivity index (χ2v) is 4.13. The number of hydrogen-bond acceptors (Lipinski definition) is 3. The van der Waals surface area contributed by atoms with E-state index >= 15 is 0 Å². The summed E-state index contributed by atoms with van der Waals surface area (Å²) in [6.45, 7) is 2.34. The van der Waals surface area contributed by atoms with Gasteiger partial charge < -0.3 is 10.4 Å². The molecule has 0 bridgehead atoms. The first-order valence-corrected chi connectivity index (χ1v) is 5.72. The smallest absolute Gasteiger partial charge is 0.165 e. The predicted molar refractivity (Wildman–Crippen MR) is 75.7 cm³/mol. The molecule has 1 aromatic rings. The zero-order valence-corrected chi connectivity index (χ0v) is 11.9. The molecular formula is C12H18Cl2F2N2O. The van der Waals surface area contributed by atoms with Crippen molar-refractivity contribution in [2.24, 2.45) is 0 Å². The monoisotopic (exact) mass is 314 g/mol. The Morgan fingerprint density at radius 2 is 1.89 bits per heavy atom. The summed E-state index contributed by atoms with van der Waals surface area (Å²) in [5.41, 5.74) is 0.328. The van der Waals surface area contributed by atoms with Gasteiger partial charge in [0.05, 0.1) is 6.04 Å². The molecule has 1 fully saturated rings. The molecule has 7 heteroatoms. The van der Waals surface area contributed by atoms with Gasteiger partial charge in [-0.15, -0.1) is 24.8 Å². The van der Waals surface area contributed by atoms with Crippen LogP contribution in [0.25, 0.3) is 0 Å². The molecule has 3 nitrogen and oxygen atoms in total. The molecule has 0 spiro atoms. The van der Waals surface area contributed by atoms with E-state index in [0.29, 0.717) is 18.7 Å². The third-order valence-corrected chi connectivity index (χ3v) is 3.12. The largest absolute Gasteiger partial charge is 0.505 e. The molecule has 0 aliphatic carbocycles. The lowest BCUT2D eigenvalue weighted by Crippen LogP contribution is -2.45. The second-order valence-electron chi connectivity index (χ2n) is 4.13. The maximum Gasteiger partial charge on any atom is 0.165 e. The van der Waals surface area contributed by atoms with E-state index in [0.717, 1.165) is 13.1 Å². The van der Waals surface area contributed by atoms with E-state index < -0.39 is 24.3 Å². The Morgan fingerprint density at radius 3 is 2.47 bits per heavy atom. The molecule has 1 aliphatic rings. The minimum Gasteiger partial charge on any atom is -0.505 e. The van der Waals surface area contributed by atoms with Gasteiger partial charge in [-0.05, 0) is 6.07 Å². The molecule has 0 amide bonds. The predicted octanol–water partition coefficient (Wildman–Crippen LogP) is 2.29. The highest BCUT2D eigenvalue weighted by atomic mass is 35.5. The first-order chi connectivity index (χ1) is 8.24. The number of nitrogens with zero attached hydrogens (tertiary/aromatic N) is 1. The van der Waals surface area contributed by atoms with Crippen molar-refractivity contribution in [2.45, 2.75) is 6.04 Å². The number of halogens is 4. The van der Waals surface area contributed by atoms with Crippen LogP contribution >= 0.6 is 24.8 Å². The van der Waals surface area contributed by atoms with Crippen LogP contribution in [0.1, 0.15) is 11.6 Å². The van der Waals surface area contributed by atoms with Gasteiger partial charge in [0, 0.05) is 31.7 Å². The standard InChI is InChI=1S/C12H16F2N2O.2ClH/c13-8-11(16-6-4-15-5-7-16)9-2-1-3-10(14)12(9)17;;/h1-3,11,15,17H,4-8H2;2*1H/t11-;;/m0../s1. The molecule has 0 aromatic heterocycles. The van der Waals surface area contributed by atoms with Gasteiger partial charge >= 0.3 is 0 Å². The first-order valence-electron chi connectivity index (χ1n) is 5.72. The highest BCUT2D eigenvalue weighted by Gasteiger charge is 2.25. The van der Waals surface area contributed by atoms with Crippen LogP contribution in [0, 0.1) is 5.82 Å². The van der Waals surface area contributed by atoms with Gasteiger partial charge in [-0.2, -0.15) is 0 Å². The number of alkyl halides is 1.